The van der Waals surface area contributed by atoms with Crippen LogP contribution in [-0.4, -0.2) is 25.3 Å². The summed E-state index contributed by atoms with van der Waals surface area (Å²) in [7, 11) is 0. The van der Waals surface area contributed by atoms with Gasteiger partial charge in [0, 0.05) is 22.7 Å². The highest BCUT2D eigenvalue weighted by atomic mass is 32.2. The monoisotopic (exact) mass is 466 g/mol. The standard InChI is InChI=1S/C29H26N2O2S/c1-34-26-13-10-21(11-14-26)20-30-29(32)24-12-15-27-28(19-24)33-17-16-31(27)25-9-5-8-23(18-25)22-6-3-2-4-7-22/h2-15,18-19H,16-17,20H2,1H3,(H,30,32). The lowest BCUT2D eigenvalue weighted by Gasteiger charge is -2.32. The van der Waals surface area contributed by atoms with E-state index < -0.39 is 0 Å². The third-order valence-electron chi connectivity index (χ3n) is 5.96. The van der Waals surface area contributed by atoms with Crippen LogP contribution in [-0.2, 0) is 6.54 Å². The summed E-state index contributed by atoms with van der Waals surface area (Å²) < 4.78 is 5.95. The molecule has 5 heteroatoms. The molecule has 0 fully saturated rings. The van der Waals surface area contributed by atoms with Crippen LogP contribution in [0.15, 0.2) is 102 Å². The first-order valence-corrected chi connectivity index (χ1v) is 12.5. The number of nitrogens with zero attached hydrogens (tertiary/aromatic N) is 1. The Kier molecular flexibility index (Phi) is 6.54. The number of amides is 1. The maximum absolute atomic E-state index is 12.8. The van der Waals surface area contributed by atoms with Crippen molar-refractivity contribution in [2.24, 2.45) is 0 Å². The lowest BCUT2D eigenvalue weighted by atomic mass is 10.0. The highest BCUT2D eigenvalue weighted by Crippen LogP contribution is 2.38. The van der Waals surface area contributed by atoms with Crippen molar-refractivity contribution in [1.82, 2.24) is 5.32 Å². The van der Waals surface area contributed by atoms with Gasteiger partial charge in [-0.2, -0.15) is 0 Å². The molecule has 0 radical (unpaired) electrons. The Morgan fingerprint density at radius 3 is 2.50 bits per heavy atom. The average molecular weight is 467 g/mol. The van der Waals surface area contributed by atoms with Gasteiger partial charge >= 0.3 is 0 Å². The maximum atomic E-state index is 12.8. The number of rotatable bonds is 6. The molecule has 0 spiro atoms. The van der Waals surface area contributed by atoms with Gasteiger partial charge in [-0.25, -0.2) is 0 Å². The van der Waals surface area contributed by atoms with Crippen LogP contribution in [0.1, 0.15) is 15.9 Å². The van der Waals surface area contributed by atoms with Crippen molar-refractivity contribution in [2.45, 2.75) is 11.4 Å². The number of nitrogens with one attached hydrogen (secondary N) is 1. The van der Waals surface area contributed by atoms with Gasteiger partial charge in [0.15, 0.2) is 0 Å². The molecule has 1 amide bonds. The average Bonchev–Trinajstić information content (AvgIpc) is 2.92. The summed E-state index contributed by atoms with van der Waals surface area (Å²) in [5, 5.41) is 3.01. The summed E-state index contributed by atoms with van der Waals surface area (Å²) >= 11 is 1.70. The fourth-order valence-corrected chi connectivity index (χ4v) is 4.55. The van der Waals surface area contributed by atoms with E-state index in [9.17, 15) is 4.79 Å². The molecule has 4 aromatic rings. The van der Waals surface area contributed by atoms with Gasteiger partial charge in [-0.3, -0.25) is 4.79 Å². The van der Waals surface area contributed by atoms with Gasteiger partial charge in [0.1, 0.15) is 12.4 Å². The third-order valence-corrected chi connectivity index (χ3v) is 6.71. The van der Waals surface area contributed by atoms with Crippen LogP contribution in [0.3, 0.4) is 0 Å². The van der Waals surface area contributed by atoms with Crippen molar-refractivity contribution in [1.29, 1.82) is 0 Å². The van der Waals surface area contributed by atoms with E-state index >= 15 is 0 Å². The Labute approximate surface area is 204 Å². The number of carbonyl (C=O) groups is 1. The predicted molar refractivity (Wildman–Crippen MR) is 140 cm³/mol. The Hall–Kier alpha value is -3.70. The minimum absolute atomic E-state index is 0.108. The predicted octanol–water partition coefficient (Wildman–Crippen LogP) is 6.54. The highest BCUT2D eigenvalue weighted by Gasteiger charge is 2.21. The second kappa shape index (κ2) is 10.1. The molecule has 0 aliphatic carbocycles. The fraction of sp³-hybridized carbons (Fsp3) is 0.138. The molecule has 0 aromatic heterocycles. The van der Waals surface area contributed by atoms with E-state index in [0.717, 1.165) is 29.2 Å². The first kappa shape index (κ1) is 22.1. The zero-order chi connectivity index (χ0) is 23.3. The first-order valence-electron chi connectivity index (χ1n) is 11.3. The van der Waals surface area contributed by atoms with Crippen molar-refractivity contribution in [2.75, 3.05) is 24.3 Å². The summed E-state index contributed by atoms with van der Waals surface area (Å²) in [6.45, 7) is 1.81. The second-order valence-corrected chi connectivity index (χ2v) is 9.01. The number of fused-ring (bicyclic) bond motifs is 1. The number of hydrogen-bond donors (Lipinski definition) is 1. The van der Waals surface area contributed by atoms with Gasteiger partial charge < -0.3 is 15.0 Å². The van der Waals surface area contributed by atoms with Crippen LogP contribution < -0.4 is 15.0 Å². The Balaban J connectivity index is 1.33. The lowest BCUT2D eigenvalue weighted by molar-refractivity contribution is 0.0950. The van der Waals surface area contributed by atoms with Crippen LogP contribution >= 0.6 is 11.8 Å². The summed E-state index contributed by atoms with van der Waals surface area (Å²) in [4.78, 5) is 16.3. The molecule has 0 saturated heterocycles. The van der Waals surface area contributed by atoms with Gasteiger partial charge in [0.25, 0.3) is 5.91 Å². The molecule has 1 aliphatic rings. The van der Waals surface area contributed by atoms with Gasteiger partial charge in [0.2, 0.25) is 0 Å². The molecule has 0 atom stereocenters. The SMILES string of the molecule is CSc1ccc(CNC(=O)c2ccc3c(c2)OCCN3c2cccc(-c3ccccc3)c2)cc1. The van der Waals surface area contributed by atoms with E-state index in [-0.39, 0.29) is 5.91 Å². The molecule has 4 aromatic carbocycles. The van der Waals surface area contributed by atoms with Crippen molar-refractivity contribution >= 4 is 29.0 Å². The summed E-state index contributed by atoms with van der Waals surface area (Å²) in [6, 6.07) is 32.8. The Bertz CT molecular complexity index is 1290. The van der Waals surface area contributed by atoms with Crippen LogP contribution in [0, 0.1) is 0 Å². The number of benzene rings is 4. The van der Waals surface area contributed by atoms with Gasteiger partial charge in [-0.05, 0) is 65.4 Å². The molecule has 0 bridgehead atoms. The zero-order valence-electron chi connectivity index (χ0n) is 19.0. The van der Waals surface area contributed by atoms with Crippen LogP contribution in [0.25, 0.3) is 11.1 Å². The van der Waals surface area contributed by atoms with E-state index in [0.29, 0.717) is 18.7 Å². The minimum Gasteiger partial charge on any atom is -0.490 e. The Morgan fingerprint density at radius 2 is 1.71 bits per heavy atom. The number of ether oxygens (including phenoxy) is 1. The molecule has 0 saturated carbocycles. The molecule has 1 aliphatic heterocycles. The van der Waals surface area contributed by atoms with E-state index in [1.807, 2.05) is 36.4 Å². The second-order valence-electron chi connectivity index (χ2n) is 8.13. The number of thioether (sulfide) groups is 1. The zero-order valence-corrected chi connectivity index (χ0v) is 19.8. The fourth-order valence-electron chi connectivity index (χ4n) is 4.14. The topological polar surface area (TPSA) is 41.6 Å². The highest BCUT2D eigenvalue weighted by molar-refractivity contribution is 7.98. The molecule has 4 nitrogen and oxygen atoms in total. The summed E-state index contributed by atoms with van der Waals surface area (Å²) in [5.74, 6) is 0.622. The molecule has 5 rings (SSSR count). The molecule has 1 N–H and O–H groups in total. The van der Waals surface area contributed by atoms with E-state index in [4.69, 9.17) is 4.74 Å². The van der Waals surface area contributed by atoms with Crippen LogP contribution in [0.2, 0.25) is 0 Å². The molecule has 1 heterocycles. The number of carbonyl (C=O) groups excluding carboxylic acids is 1. The normalized spacial score (nSPS) is 12.6. The van der Waals surface area contributed by atoms with Crippen molar-refractivity contribution in [3.8, 4) is 16.9 Å². The number of hydrogen-bond acceptors (Lipinski definition) is 4. The van der Waals surface area contributed by atoms with Crippen molar-refractivity contribution < 1.29 is 9.53 Å². The Morgan fingerprint density at radius 1 is 0.912 bits per heavy atom. The van der Waals surface area contributed by atoms with Gasteiger partial charge in [-0.1, -0.05) is 54.6 Å². The first-order chi connectivity index (χ1) is 16.7. The van der Waals surface area contributed by atoms with Crippen LogP contribution in [0.5, 0.6) is 5.75 Å². The minimum atomic E-state index is -0.108. The molecular formula is C29H26N2O2S. The quantitative estimate of drug-likeness (QED) is 0.328. The number of anilines is 2. The molecule has 0 unspecified atom stereocenters. The van der Waals surface area contributed by atoms with E-state index in [2.05, 4.69) is 77.1 Å². The van der Waals surface area contributed by atoms with Crippen LogP contribution in [0.4, 0.5) is 11.4 Å². The molecule has 170 valence electrons. The van der Waals surface area contributed by atoms with Crippen molar-refractivity contribution in [3.63, 3.8) is 0 Å². The van der Waals surface area contributed by atoms with Gasteiger partial charge in [-0.15, -0.1) is 11.8 Å². The molecular weight excluding hydrogens is 440 g/mol. The van der Waals surface area contributed by atoms with Gasteiger partial charge in [0.05, 0.1) is 12.2 Å². The van der Waals surface area contributed by atoms with Crippen molar-refractivity contribution in [3.05, 3.63) is 108 Å². The summed E-state index contributed by atoms with van der Waals surface area (Å²) in [6.07, 6.45) is 2.05. The van der Waals surface area contributed by atoms with E-state index in [1.54, 1.807) is 11.8 Å². The molecule has 34 heavy (non-hydrogen) atoms. The lowest BCUT2D eigenvalue weighted by Crippen LogP contribution is -2.29. The third kappa shape index (κ3) is 4.80. The summed E-state index contributed by atoms with van der Waals surface area (Å²) in [5.41, 5.74) is 6.11. The van der Waals surface area contributed by atoms with E-state index in [1.165, 1.54) is 16.0 Å². The smallest absolute Gasteiger partial charge is 0.251 e. The largest absolute Gasteiger partial charge is 0.490 e. The maximum Gasteiger partial charge on any atom is 0.251 e.